The highest BCUT2D eigenvalue weighted by molar-refractivity contribution is 9.09. The molecule has 0 N–H and O–H groups in total. The topological polar surface area (TPSA) is 12.9 Å². The van der Waals surface area contributed by atoms with Crippen LogP contribution in [0.2, 0.25) is 0 Å². The molecule has 84 valence electrons. The number of hydrogen-bond acceptors (Lipinski definition) is 2. The van der Waals surface area contributed by atoms with Gasteiger partial charge in [-0.05, 0) is 17.9 Å². The molecule has 2 atom stereocenters. The minimum absolute atomic E-state index is 0.413. The molecule has 0 spiro atoms. The van der Waals surface area contributed by atoms with Crippen LogP contribution in [0, 0.1) is 5.92 Å². The molecule has 0 aliphatic heterocycles. The molecule has 0 saturated heterocycles. The Bertz CT molecular complexity index is 413. The lowest BCUT2D eigenvalue weighted by atomic mass is 9.97. The average Bonchev–Trinajstić information content (AvgIpc) is 2.82. The number of nitrogens with zero attached hydrogens (tertiary/aromatic N) is 1. The van der Waals surface area contributed by atoms with E-state index in [0.717, 1.165) is 6.42 Å². The standard InChI is InChI=1S/C13H14BrNS/c1-10(7-12-8-15-9-16-12)13(14)11-5-3-2-4-6-11/h2-6,8-10,13H,7H2,1H3. The number of aromatic nitrogens is 1. The summed E-state index contributed by atoms with van der Waals surface area (Å²) < 4.78 is 0. The SMILES string of the molecule is CC(Cc1cncs1)C(Br)c1ccccc1. The van der Waals surface area contributed by atoms with Crippen molar-refractivity contribution in [2.45, 2.75) is 18.2 Å². The molecule has 2 rings (SSSR count). The molecule has 1 aromatic heterocycles. The maximum atomic E-state index is 4.11. The highest BCUT2D eigenvalue weighted by Gasteiger charge is 2.16. The number of benzene rings is 1. The summed E-state index contributed by atoms with van der Waals surface area (Å²) in [5, 5.41) is 0. The van der Waals surface area contributed by atoms with Gasteiger partial charge in [0.05, 0.1) is 5.51 Å². The third kappa shape index (κ3) is 2.92. The van der Waals surface area contributed by atoms with Crippen molar-refractivity contribution in [1.82, 2.24) is 4.98 Å². The van der Waals surface area contributed by atoms with Gasteiger partial charge in [0.25, 0.3) is 0 Å². The Balaban J connectivity index is 2.02. The fourth-order valence-electron chi connectivity index (χ4n) is 1.73. The van der Waals surface area contributed by atoms with Gasteiger partial charge in [0.2, 0.25) is 0 Å². The van der Waals surface area contributed by atoms with Crippen LogP contribution >= 0.6 is 27.3 Å². The first-order valence-corrected chi connectivity index (χ1v) is 7.13. The van der Waals surface area contributed by atoms with Crippen molar-refractivity contribution in [2.24, 2.45) is 5.92 Å². The number of alkyl halides is 1. The van der Waals surface area contributed by atoms with Crippen LogP contribution in [0.25, 0.3) is 0 Å². The van der Waals surface area contributed by atoms with Gasteiger partial charge in [-0.1, -0.05) is 53.2 Å². The lowest BCUT2D eigenvalue weighted by Gasteiger charge is -2.17. The van der Waals surface area contributed by atoms with Gasteiger partial charge in [0.1, 0.15) is 0 Å². The molecule has 1 heterocycles. The van der Waals surface area contributed by atoms with E-state index in [-0.39, 0.29) is 0 Å². The zero-order valence-electron chi connectivity index (χ0n) is 9.14. The highest BCUT2D eigenvalue weighted by atomic mass is 79.9. The summed E-state index contributed by atoms with van der Waals surface area (Å²) in [7, 11) is 0. The third-order valence-corrected chi connectivity index (χ3v) is 4.86. The summed E-state index contributed by atoms with van der Waals surface area (Å²) in [6.45, 7) is 2.27. The Morgan fingerprint density at radius 1 is 1.31 bits per heavy atom. The van der Waals surface area contributed by atoms with Crippen molar-refractivity contribution in [1.29, 1.82) is 0 Å². The maximum absolute atomic E-state index is 4.11. The second-order valence-corrected chi connectivity index (χ2v) is 5.92. The van der Waals surface area contributed by atoms with Crippen molar-refractivity contribution in [2.75, 3.05) is 0 Å². The van der Waals surface area contributed by atoms with E-state index in [2.05, 4.69) is 58.2 Å². The molecule has 16 heavy (non-hydrogen) atoms. The fraction of sp³-hybridized carbons (Fsp3) is 0.308. The van der Waals surface area contributed by atoms with E-state index in [0.29, 0.717) is 10.7 Å². The first-order chi connectivity index (χ1) is 7.77. The second kappa shape index (κ2) is 5.60. The molecule has 0 fully saturated rings. The van der Waals surface area contributed by atoms with Crippen LogP contribution < -0.4 is 0 Å². The van der Waals surface area contributed by atoms with Gasteiger partial charge >= 0.3 is 0 Å². The molecule has 2 aromatic rings. The van der Waals surface area contributed by atoms with Crippen LogP contribution in [0.5, 0.6) is 0 Å². The first kappa shape index (κ1) is 11.8. The second-order valence-electron chi connectivity index (χ2n) is 3.96. The Hall–Kier alpha value is -0.670. The van der Waals surface area contributed by atoms with Crippen LogP contribution in [0.4, 0.5) is 0 Å². The predicted octanol–water partition coefficient (Wildman–Crippen LogP) is 4.46. The zero-order chi connectivity index (χ0) is 11.4. The summed E-state index contributed by atoms with van der Waals surface area (Å²) in [5.74, 6) is 0.572. The van der Waals surface area contributed by atoms with Gasteiger partial charge < -0.3 is 0 Å². The van der Waals surface area contributed by atoms with Crippen molar-refractivity contribution >= 4 is 27.3 Å². The minimum Gasteiger partial charge on any atom is -0.253 e. The van der Waals surface area contributed by atoms with Gasteiger partial charge in [-0.2, -0.15) is 0 Å². The van der Waals surface area contributed by atoms with Gasteiger partial charge in [-0.25, -0.2) is 0 Å². The Labute approximate surface area is 109 Å². The van der Waals surface area contributed by atoms with E-state index in [1.54, 1.807) is 11.3 Å². The summed E-state index contributed by atoms with van der Waals surface area (Å²) in [6.07, 6.45) is 3.04. The van der Waals surface area contributed by atoms with E-state index < -0.39 is 0 Å². The maximum Gasteiger partial charge on any atom is 0.0794 e. The Morgan fingerprint density at radius 2 is 2.06 bits per heavy atom. The van der Waals surface area contributed by atoms with Crippen LogP contribution in [-0.2, 0) is 6.42 Å². The molecule has 2 unspecified atom stereocenters. The molecule has 0 aliphatic rings. The van der Waals surface area contributed by atoms with Crippen LogP contribution in [0.1, 0.15) is 22.2 Å². The molecule has 0 aliphatic carbocycles. The summed E-state index contributed by atoms with van der Waals surface area (Å²) in [4.78, 5) is 5.88. The highest BCUT2D eigenvalue weighted by Crippen LogP contribution is 2.33. The van der Waals surface area contributed by atoms with E-state index in [9.17, 15) is 0 Å². The predicted molar refractivity (Wildman–Crippen MR) is 73.1 cm³/mol. The van der Waals surface area contributed by atoms with Gasteiger partial charge in [0.15, 0.2) is 0 Å². The largest absolute Gasteiger partial charge is 0.253 e. The quantitative estimate of drug-likeness (QED) is 0.759. The van der Waals surface area contributed by atoms with Gasteiger partial charge in [-0.15, -0.1) is 11.3 Å². The molecule has 1 aromatic carbocycles. The molecule has 3 heteroatoms. The summed E-state index contributed by atoms with van der Waals surface area (Å²) in [5.41, 5.74) is 3.24. The summed E-state index contributed by atoms with van der Waals surface area (Å²) in [6, 6.07) is 10.6. The van der Waals surface area contributed by atoms with E-state index in [1.165, 1.54) is 10.4 Å². The number of hydrogen-bond donors (Lipinski definition) is 0. The van der Waals surface area contributed by atoms with Crippen molar-refractivity contribution in [3.05, 3.63) is 52.5 Å². The number of thiazole rings is 1. The Morgan fingerprint density at radius 3 is 2.69 bits per heavy atom. The van der Waals surface area contributed by atoms with Crippen molar-refractivity contribution < 1.29 is 0 Å². The minimum atomic E-state index is 0.413. The number of halogens is 1. The van der Waals surface area contributed by atoms with Crippen molar-refractivity contribution in [3.63, 3.8) is 0 Å². The molecular weight excluding hydrogens is 282 g/mol. The monoisotopic (exact) mass is 295 g/mol. The van der Waals surface area contributed by atoms with Crippen LogP contribution in [0.15, 0.2) is 42.0 Å². The van der Waals surface area contributed by atoms with Gasteiger partial charge in [0, 0.05) is 15.9 Å². The van der Waals surface area contributed by atoms with Gasteiger partial charge in [-0.3, -0.25) is 4.98 Å². The normalized spacial score (nSPS) is 14.6. The first-order valence-electron chi connectivity index (χ1n) is 5.33. The number of rotatable bonds is 4. The Kier molecular flexibility index (Phi) is 4.13. The van der Waals surface area contributed by atoms with E-state index >= 15 is 0 Å². The fourth-order valence-corrected chi connectivity index (χ4v) is 2.96. The van der Waals surface area contributed by atoms with E-state index in [1.807, 2.05) is 11.7 Å². The van der Waals surface area contributed by atoms with E-state index in [4.69, 9.17) is 0 Å². The molecule has 0 saturated carbocycles. The van der Waals surface area contributed by atoms with Crippen molar-refractivity contribution in [3.8, 4) is 0 Å². The molecule has 0 amide bonds. The molecular formula is C13H14BrNS. The molecule has 0 bridgehead atoms. The smallest absolute Gasteiger partial charge is 0.0794 e. The lowest BCUT2D eigenvalue weighted by molar-refractivity contribution is 0.577. The van der Waals surface area contributed by atoms with Crippen LogP contribution in [0.3, 0.4) is 0 Å². The van der Waals surface area contributed by atoms with Crippen LogP contribution in [-0.4, -0.2) is 4.98 Å². The summed E-state index contributed by atoms with van der Waals surface area (Å²) >= 11 is 5.51. The third-order valence-electron chi connectivity index (χ3n) is 2.62. The average molecular weight is 296 g/mol. The zero-order valence-corrected chi connectivity index (χ0v) is 11.5. The lowest BCUT2D eigenvalue weighted by Crippen LogP contribution is -2.06. The molecule has 1 nitrogen and oxygen atoms in total. The molecule has 0 radical (unpaired) electrons.